The fraction of sp³-hybridized carbons (Fsp3) is 0.111. The van der Waals surface area contributed by atoms with E-state index in [2.05, 4.69) is 10.4 Å². The second kappa shape index (κ2) is 6.64. The second-order valence-electron chi connectivity index (χ2n) is 5.49. The first-order valence-electron chi connectivity index (χ1n) is 7.46. The van der Waals surface area contributed by atoms with Crippen molar-refractivity contribution >= 4 is 23.2 Å². The van der Waals surface area contributed by atoms with Crippen molar-refractivity contribution in [3.63, 3.8) is 0 Å². The van der Waals surface area contributed by atoms with Crippen LogP contribution in [0.2, 0.25) is 5.02 Å². The van der Waals surface area contributed by atoms with Crippen LogP contribution in [0.5, 0.6) is 0 Å². The van der Waals surface area contributed by atoms with Crippen molar-refractivity contribution in [1.82, 2.24) is 9.78 Å². The van der Waals surface area contributed by atoms with Gasteiger partial charge in [0.05, 0.1) is 22.1 Å². The zero-order valence-corrected chi connectivity index (χ0v) is 14.2. The number of amides is 1. The van der Waals surface area contributed by atoms with Crippen molar-refractivity contribution in [3.8, 4) is 5.69 Å². The molecule has 0 radical (unpaired) electrons. The van der Waals surface area contributed by atoms with Crippen LogP contribution in [0.1, 0.15) is 21.7 Å². The number of carbonyl (C=O) groups is 1. The Bertz CT molecular complexity index is 931. The summed E-state index contributed by atoms with van der Waals surface area (Å²) in [5.41, 5.74) is 2.00. The average molecular weight is 362 g/mol. The summed E-state index contributed by atoms with van der Waals surface area (Å²) >= 11 is 6.13. The molecule has 2 aromatic carbocycles. The summed E-state index contributed by atoms with van der Waals surface area (Å²) in [6, 6.07) is 9.85. The molecule has 0 aliphatic carbocycles. The SMILES string of the molecule is Cc1nn(-c2ccc(C(=O)Nc3c(F)cccc3F)cc2)c(C)c1Cl. The Hall–Kier alpha value is -2.73. The molecule has 0 fully saturated rings. The fourth-order valence-electron chi connectivity index (χ4n) is 2.43. The Kier molecular flexibility index (Phi) is 4.55. The third kappa shape index (κ3) is 3.25. The van der Waals surface area contributed by atoms with Crippen molar-refractivity contribution in [2.24, 2.45) is 0 Å². The molecule has 0 spiro atoms. The van der Waals surface area contributed by atoms with E-state index in [0.29, 0.717) is 10.7 Å². The molecule has 0 aliphatic heterocycles. The van der Waals surface area contributed by atoms with E-state index in [0.717, 1.165) is 23.5 Å². The molecule has 0 atom stereocenters. The van der Waals surface area contributed by atoms with Gasteiger partial charge in [0.1, 0.15) is 17.3 Å². The van der Waals surface area contributed by atoms with Gasteiger partial charge in [-0.25, -0.2) is 13.5 Å². The van der Waals surface area contributed by atoms with Gasteiger partial charge in [-0.1, -0.05) is 17.7 Å². The lowest BCUT2D eigenvalue weighted by Gasteiger charge is -2.09. The lowest BCUT2D eigenvalue weighted by atomic mass is 10.2. The quantitative estimate of drug-likeness (QED) is 0.736. The minimum Gasteiger partial charge on any atom is -0.317 e. The summed E-state index contributed by atoms with van der Waals surface area (Å²) in [6.45, 7) is 3.64. The van der Waals surface area contributed by atoms with Gasteiger partial charge in [0, 0.05) is 5.56 Å². The Morgan fingerprint density at radius 2 is 1.68 bits per heavy atom. The Morgan fingerprint density at radius 3 is 2.20 bits per heavy atom. The lowest BCUT2D eigenvalue weighted by Crippen LogP contribution is -2.14. The van der Waals surface area contributed by atoms with Crippen LogP contribution in [0.25, 0.3) is 5.69 Å². The van der Waals surface area contributed by atoms with Gasteiger partial charge in [-0.3, -0.25) is 4.79 Å². The molecule has 3 rings (SSSR count). The number of nitrogens with one attached hydrogen (secondary N) is 1. The van der Waals surface area contributed by atoms with Crippen LogP contribution < -0.4 is 5.32 Å². The fourth-order valence-corrected chi connectivity index (χ4v) is 2.55. The van der Waals surface area contributed by atoms with Crippen LogP contribution in [0.3, 0.4) is 0 Å². The first-order chi connectivity index (χ1) is 11.9. The molecule has 0 unspecified atom stereocenters. The number of anilines is 1. The van der Waals surface area contributed by atoms with Crippen molar-refractivity contribution in [2.75, 3.05) is 5.32 Å². The van der Waals surface area contributed by atoms with Gasteiger partial charge in [-0.15, -0.1) is 0 Å². The van der Waals surface area contributed by atoms with Gasteiger partial charge in [0.15, 0.2) is 0 Å². The van der Waals surface area contributed by atoms with Gasteiger partial charge in [0.25, 0.3) is 5.91 Å². The highest BCUT2D eigenvalue weighted by molar-refractivity contribution is 6.31. The summed E-state index contributed by atoms with van der Waals surface area (Å²) < 4.78 is 28.9. The molecule has 4 nitrogen and oxygen atoms in total. The van der Waals surface area contributed by atoms with Crippen LogP contribution in [0.4, 0.5) is 14.5 Å². The zero-order chi connectivity index (χ0) is 18.1. The highest BCUT2D eigenvalue weighted by Gasteiger charge is 2.14. The number of nitrogens with zero attached hydrogens (tertiary/aromatic N) is 2. The summed E-state index contributed by atoms with van der Waals surface area (Å²) in [5.74, 6) is -2.27. The van der Waals surface area contributed by atoms with Gasteiger partial charge in [-0.2, -0.15) is 5.10 Å². The zero-order valence-electron chi connectivity index (χ0n) is 13.5. The first-order valence-corrected chi connectivity index (χ1v) is 7.84. The van der Waals surface area contributed by atoms with Crippen LogP contribution in [0, 0.1) is 25.5 Å². The number of carbonyl (C=O) groups excluding carboxylic acids is 1. The molecule has 0 aliphatic rings. The van der Waals surface area contributed by atoms with E-state index < -0.39 is 23.2 Å². The highest BCUT2D eigenvalue weighted by Crippen LogP contribution is 2.23. The maximum atomic E-state index is 13.6. The molecule has 25 heavy (non-hydrogen) atoms. The van der Waals surface area contributed by atoms with E-state index in [-0.39, 0.29) is 5.56 Å². The third-order valence-electron chi connectivity index (χ3n) is 3.78. The molecule has 1 N–H and O–H groups in total. The summed E-state index contributed by atoms with van der Waals surface area (Å²) in [6.07, 6.45) is 0. The first kappa shape index (κ1) is 17.1. The molecule has 128 valence electrons. The van der Waals surface area contributed by atoms with Gasteiger partial charge in [0.2, 0.25) is 0 Å². The van der Waals surface area contributed by atoms with E-state index in [1.165, 1.54) is 6.07 Å². The number of para-hydroxylation sites is 1. The molecule has 3 aromatic rings. The van der Waals surface area contributed by atoms with E-state index in [9.17, 15) is 13.6 Å². The molecule has 1 amide bonds. The Labute approximate surface area is 148 Å². The van der Waals surface area contributed by atoms with Gasteiger partial charge >= 0.3 is 0 Å². The maximum absolute atomic E-state index is 13.6. The summed E-state index contributed by atoms with van der Waals surface area (Å²) in [4.78, 5) is 12.2. The second-order valence-corrected chi connectivity index (χ2v) is 5.87. The molecule has 1 heterocycles. The largest absolute Gasteiger partial charge is 0.317 e. The normalized spacial score (nSPS) is 10.8. The molecule has 0 saturated carbocycles. The monoisotopic (exact) mass is 361 g/mol. The smallest absolute Gasteiger partial charge is 0.255 e. The minimum absolute atomic E-state index is 0.263. The highest BCUT2D eigenvalue weighted by atomic mass is 35.5. The molecular weight excluding hydrogens is 348 g/mol. The number of hydrogen-bond donors (Lipinski definition) is 1. The van der Waals surface area contributed by atoms with Gasteiger partial charge in [-0.05, 0) is 50.2 Å². The van der Waals surface area contributed by atoms with Crippen molar-refractivity contribution < 1.29 is 13.6 Å². The Balaban J connectivity index is 1.85. The standard InChI is InChI=1S/C18H14ClF2N3O/c1-10-16(19)11(2)24(23-10)13-8-6-12(7-9-13)18(25)22-17-14(20)4-3-5-15(17)21/h3-9H,1-2H3,(H,22,25). The molecule has 7 heteroatoms. The minimum atomic E-state index is -0.831. The molecule has 0 bridgehead atoms. The summed E-state index contributed by atoms with van der Waals surface area (Å²) in [7, 11) is 0. The van der Waals surface area contributed by atoms with E-state index in [1.807, 2.05) is 6.92 Å². The Morgan fingerprint density at radius 1 is 1.08 bits per heavy atom. The molecule has 0 saturated heterocycles. The predicted molar refractivity (Wildman–Crippen MR) is 92.4 cm³/mol. The van der Waals surface area contributed by atoms with Crippen LogP contribution in [0.15, 0.2) is 42.5 Å². The van der Waals surface area contributed by atoms with E-state index >= 15 is 0 Å². The van der Waals surface area contributed by atoms with Crippen LogP contribution in [-0.4, -0.2) is 15.7 Å². The number of rotatable bonds is 3. The maximum Gasteiger partial charge on any atom is 0.255 e. The topological polar surface area (TPSA) is 46.9 Å². The average Bonchev–Trinajstić information content (AvgIpc) is 2.86. The number of benzene rings is 2. The van der Waals surface area contributed by atoms with E-state index in [1.54, 1.807) is 35.9 Å². The number of hydrogen-bond acceptors (Lipinski definition) is 2. The molecular formula is C18H14ClF2N3O. The van der Waals surface area contributed by atoms with Crippen LogP contribution in [-0.2, 0) is 0 Å². The number of aryl methyl sites for hydroxylation is 1. The van der Waals surface area contributed by atoms with Crippen molar-refractivity contribution in [1.29, 1.82) is 0 Å². The number of halogens is 3. The number of aromatic nitrogens is 2. The lowest BCUT2D eigenvalue weighted by molar-refractivity contribution is 0.102. The van der Waals surface area contributed by atoms with E-state index in [4.69, 9.17) is 11.6 Å². The third-order valence-corrected chi connectivity index (χ3v) is 4.33. The van der Waals surface area contributed by atoms with Gasteiger partial charge < -0.3 is 5.32 Å². The predicted octanol–water partition coefficient (Wildman–Crippen LogP) is 4.67. The summed E-state index contributed by atoms with van der Waals surface area (Å²) in [5, 5.41) is 7.16. The molecule has 1 aromatic heterocycles. The van der Waals surface area contributed by atoms with Crippen LogP contribution >= 0.6 is 11.6 Å². The van der Waals surface area contributed by atoms with Crippen molar-refractivity contribution in [3.05, 3.63) is 76.1 Å². The van der Waals surface area contributed by atoms with Crippen molar-refractivity contribution in [2.45, 2.75) is 13.8 Å².